The first-order chi connectivity index (χ1) is 7.88. The number of rotatable bonds is 1. The maximum atomic E-state index is 5.65. The van der Waals surface area contributed by atoms with Crippen LogP contribution in [0.25, 0.3) is 0 Å². The van der Waals surface area contributed by atoms with Gasteiger partial charge >= 0.3 is 0 Å². The molecule has 84 valence electrons. The van der Waals surface area contributed by atoms with Gasteiger partial charge in [0.2, 0.25) is 0 Å². The van der Waals surface area contributed by atoms with E-state index in [0.717, 1.165) is 24.4 Å². The molecule has 2 aliphatic rings. The second kappa shape index (κ2) is 3.87. The number of hydroxylamine groups is 1. The highest BCUT2D eigenvalue weighted by Gasteiger charge is 2.38. The summed E-state index contributed by atoms with van der Waals surface area (Å²) in [5, 5.41) is 0. The molecule has 0 radical (unpaired) electrons. The lowest BCUT2D eigenvalue weighted by Crippen LogP contribution is -2.32. The Morgan fingerprint density at radius 2 is 2.06 bits per heavy atom. The van der Waals surface area contributed by atoms with Crippen LogP contribution in [-0.4, -0.2) is 16.5 Å². The minimum Gasteiger partial charge on any atom is -0.253 e. The fraction of sp³-hybridized carbons (Fsp3) is 0.500. The van der Waals surface area contributed by atoms with E-state index >= 15 is 0 Å². The highest BCUT2D eigenvalue weighted by atomic mass is 16.7. The second-order valence-electron chi connectivity index (χ2n) is 4.39. The Kier molecular flexibility index (Phi) is 2.36. The van der Waals surface area contributed by atoms with E-state index in [1.165, 1.54) is 19.3 Å². The average Bonchev–Trinajstić information content (AvgIpc) is 2.75. The molecule has 16 heavy (non-hydrogen) atoms. The third-order valence-corrected chi connectivity index (χ3v) is 3.20. The number of hydrogen-bond acceptors (Lipinski definition) is 4. The predicted octanol–water partition coefficient (Wildman–Crippen LogP) is 2.02. The molecule has 1 aliphatic carbocycles. The Morgan fingerprint density at radius 1 is 1.19 bits per heavy atom. The molecule has 1 aliphatic heterocycles. The van der Waals surface area contributed by atoms with Crippen LogP contribution >= 0.6 is 0 Å². The topological polar surface area (TPSA) is 46.5 Å². The molecular formula is C12H15N3O. The van der Waals surface area contributed by atoms with Gasteiger partial charge in [0.1, 0.15) is 5.69 Å². The van der Waals surface area contributed by atoms with E-state index < -0.39 is 0 Å². The van der Waals surface area contributed by atoms with Crippen LogP contribution in [0.3, 0.4) is 0 Å². The molecule has 0 saturated heterocycles. The Bertz CT molecular complexity index is 396. The van der Waals surface area contributed by atoms with Gasteiger partial charge in [0, 0.05) is 6.20 Å². The maximum absolute atomic E-state index is 5.65. The largest absolute Gasteiger partial charge is 0.253 e. The number of nitrogens with zero attached hydrogens (tertiary/aromatic N) is 2. The fourth-order valence-electron chi connectivity index (χ4n) is 2.32. The van der Waals surface area contributed by atoms with Crippen molar-refractivity contribution in [3.8, 4) is 0 Å². The summed E-state index contributed by atoms with van der Waals surface area (Å²) < 4.78 is 0. The van der Waals surface area contributed by atoms with E-state index in [2.05, 4.69) is 15.5 Å². The van der Waals surface area contributed by atoms with Crippen molar-refractivity contribution in [1.82, 2.24) is 10.5 Å². The zero-order chi connectivity index (χ0) is 10.8. The summed E-state index contributed by atoms with van der Waals surface area (Å²) in [5.74, 6) is 0.766. The molecule has 0 atom stereocenters. The zero-order valence-corrected chi connectivity index (χ0v) is 9.15. The van der Waals surface area contributed by atoms with Crippen molar-refractivity contribution < 1.29 is 4.84 Å². The van der Waals surface area contributed by atoms with Gasteiger partial charge in [0.05, 0.1) is 0 Å². The monoisotopic (exact) mass is 217 g/mol. The van der Waals surface area contributed by atoms with E-state index in [1.54, 1.807) is 6.20 Å². The summed E-state index contributed by atoms with van der Waals surface area (Å²) in [6.45, 7) is 0. The molecule has 0 unspecified atom stereocenters. The first kappa shape index (κ1) is 9.78. The smallest absolute Gasteiger partial charge is 0.187 e. The molecule has 2 heterocycles. The summed E-state index contributed by atoms with van der Waals surface area (Å²) in [6, 6.07) is 5.80. The molecule has 1 aromatic rings. The van der Waals surface area contributed by atoms with Crippen molar-refractivity contribution >= 4 is 5.84 Å². The summed E-state index contributed by atoms with van der Waals surface area (Å²) >= 11 is 0. The lowest BCUT2D eigenvalue weighted by Gasteiger charge is -2.27. The van der Waals surface area contributed by atoms with Crippen molar-refractivity contribution in [3.63, 3.8) is 0 Å². The zero-order valence-electron chi connectivity index (χ0n) is 9.15. The molecule has 4 nitrogen and oxygen atoms in total. The SMILES string of the molecule is c1ccc(C2=NC3(CCCCC3)ON2)nc1. The quantitative estimate of drug-likeness (QED) is 0.782. The van der Waals surface area contributed by atoms with Crippen LogP contribution in [0, 0.1) is 0 Å². The van der Waals surface area contributed by atoms with E-state index in [4.69, 9.17) is 4.84 Å². The number of nitrogens with one attached hydrogen (secondary N) is 1. The molecule has 1 aromatic heterocycles. The molecule has 4 heteroatoms. The van der Waals surface area contributed by atoms with Crippen LogP contribution in [0.15, 0.2) is 29.4 Å². The molecule has 0 aromatic carbocycles. The van der Waals surface area contributed by atoms with Crippen LogP contribution in [0.4, 0.5) is 0 Å². The number of hydrogen-bond donors (Lipinski definition) is 1. The van der Waals surface area contributed by atoms with Gasteiger partial charge in [-0.15, -0.1) is 0 Å². The van der Waals surface area contributed by atoms with Gasteiger partial charge in [-0.25, -0.2) is 15.3 Å². The number of aromatic nitrogens is 1. The molecule has 1 spiro atoms. The Labute approximate surface area is 94.7 Å². The van der Waals surface area contributed by atoms with Gasteiger partial charge < -0.3 is 0 Å². The van der Waals surface area contributed by atoms with Crippen molar-refractivity contribution in [3.05, 3.63) is 30.1 Å². The number of amidine groups is 1. The van der Waals surface area contributed by atoms with Crippen LogP contribution < -0.4 is 5.48 Å². The van der Waals surface area contributed by atoms with Gasteiger partial charge in [-0.2, -0.15) is 0 Å². The minimum absolute atomic E-state index is 0.314. The third kappa shape index (κ3) is 1.69. The normalized spacial score (nSPS) is 22.9. The highest BCUT2D eigenvalue weighted by molar-refractivity contribution is 5.97. The van der Waals surface area contributed by atoms with Gasteiger partial charge in [0.25, 0.3) is 0 Å². The third-order valence-electron chi connectivity index (χ3n) is 3.20. The molecule has 1 saturated carbocycles. The Balaban J connectivity index is 1.86. The van der Waals surface area contributed by atoms with Crippen molar-refractivity contribution in [2.75, 3.05) is 0 Å². The van der Waals surface area contributed by atoms with E-state index in [9.17, 15) is 0 Å². The lowest BCUT2D eigenvalue weighted by molar-refractivity contribution is -0.0763. The summed E-state index contributed by atoms with van der Waals surface area (Å²) in [5.41, 5.74) is 3.46. The minimum atomic E-state index is -0.314. The molecule has 1 fully saturated rings. The molecule has 1 N–H and O–H groups in total. The lowest BCUT2D eigenvalue weighted by atomic mass is 9.92. The Hall–Kier alpha value is -1.42. The van der Waals surface area contributed by atoms with Gasteiger partial charge in [0.15, 0.2) is 11.6 Å². The molecular weight excluding hydrogens is 202 g/mol. The first-order valence-electron chi connectivity index (χ1n) is 5.83. The van der Waals surface area contributed by atoms with E-state index in [1.807, 2.05) is 18.2 Å². The van der Waals surface area contributed by atoms with Crippen LogP contribution in [0.5, 0.6) is 0 Å². The number of pyridine rings is 1. The van der Waals surface area contributed by atoms with Crippen LogP contribution in [0.1, 0.15) is 37.8 Å². The predicted molar refractivity (Wildman–Crippen MR) is 60.8 cm³/mol. The first-order valence-corrected chi connectivity index (χ1v) is 5.83. The second-order valence-corrected chi connectivity index (χ2v) is 4.39. The summed E-state index contributed by atoms with van der Waals surface area (Å²) in [7, 11) is 0. The van der Waals surface area contributed by atoms with Crippen molar-refractivity contribution in [1.29, 1.82) is 0 Å². The van der Waals surface area contributed by atoms with Gasteiger partial charge in [-0.05, 0) is 37.8 Å². The standard InChI is InChI=1S/C12H15N3O/c1-3-7-12(8-4-1)14-11(15-16-12)10-6-2-5-9-13-10/h2,5-6,9H,1,3-4,7-8H2,(H,14,15). The summed E-state index contributed by atoms with van der Waals surface area (Å²) in [4.78, 5) is 14.6. The molecule has 0 bridgehead atoms. The van der Waals surface area contributed by atoms with E-state index in [-0.39, 0.29) is 5.72 Å². The number of aliphatic imine (C=N–C) groups is 1. The maximum Gasteiger partial charge on any atom is 0.187 e. The molecule has 3 rings (SSSR count). The van der Waals surface area contributed by atoms with E-state index in [0.29, 0.717) is 0 Å². The van der Waals surface area contributed by atoms with Crippen molar-refractivity contribution in [2.24, 2.45) is 4.99 Å². The highest BCUT2D eigenvalue weighted by Crippen LogP contribution is 2.34. The molecule has 0 amide bonds. The average molecular weight is 217 g/mol. The fourth-order valence-corrected chi connectivity index (χ4v) is 2.32. The van der Waals surface area contributed by atoms with Gasteiger partial charge in [-0.1, -0.05) is 12.5 Å². The van der Waals surface area contributed by atoms with Crippen LogP contribution in [-0.2, 0) is 4.84 Å². The van der Waals surface area contributed by atoms with Crippen LogP contribution in [0.2, 0.25) is 0 Å². The van der Waals surface area contributed by atoms with Gasteiger partial charge in [-0.3, -0.25) is 4.98 Å². The Morgan fingerprint density at radius 3 is 2.81 bits per heavy atom. The summed E-state index contributed by atoms with van der Waals surface area (Å²) in [6.07, 6.45) is 7.47. The van der Waals surface area contributed by atoms with Crippen molar-refractivity contribution in [2.45, 2.75) is 37.8 Å².